The Morgan fingerprint density at radius 1 is 1.20 bits per heavy atom. The van der Waals surface area contributed by atoms with Gasteiger partial charge in [-0.3, -0.25) is 4.79 Å². The third-order valence-corrected chi connectivity index (χ3v) is 2.20. The maximum atomic E-state index is 11.8. The van der Waals surface area contributed by atoms with E-state index in [-0.39, 0.29) is 17.3 Å². The van der Waals surface area contributed by atoms with Gasteiger partial charge in [-0.05, 0) is 13.0 Å². The second kappa shape index (κ2) is 3.61. The fourth-order valence-corrected chi connectivity index (χ4v) is 1.33. The van der Waals surface area contributed by atoms with Crippen LogP contribution >= 0.6 is 0 Å². The predicted molar refractivity (Wildman–Crippen MR) is 55.0 cm³/mol. The van der Waals surface area contributed by atoms with Crippen molar-refractivity contribution in [2.75, 3.05) is 0 Å². The quantitative estimate of drug-likeness (QED) is 0.761. The molecule has 0 atom stereocenters. The third kappa shape index (κ3) is 1.76. The number of hydrogen-bond donors (Lipinski definition) is 1. The van der Waals surface area contributed by atoms with Crippen LogP contribution in [0.3, 0.4) is 0 Å². The Labute approximate surface area is 87.0 Å². The van der Waals surface area contributed by atoms with Crippen LogP contribution in [0.1, 0.15) is 21.5 Å². The van der Waals surface area contributed by atoms with Gasteiger partial charge in [0.2, 0.25) is 0 Å². The van der Waals surface area contributed by atoms with E-state index in [1.165, 1.54) is 12.3 Å². The Bertz CT molecular complexity index is 480. The van der Waals surface area contributed by atoms with Gasteiger partial charge in [-0.2, -0.15) is 0 Å². The summed E-state index contributed by atoms with van der Waals surface area (Å²) in [5, 5.41) is 9.25. The second-order valence-electron chi connectivity index (χ2n) is 3.33. The molecule has 0 spiro atoms. The summed E-state index contributed by atoms with van der Waals surface area (Å²) in [7, 11) is 0. The van der Waals surface area contributed by atoms with Crippen LogP contribution in [0.5, 0.6) is 5.95 Å². The van der Waals surface area contributed by atoms with Crippen LogP contribution in [0.4, 0.5) is 0 Å². The molecule has 0 saturated heterocycles. The van der Waals surface area contributed by atoms with Gasteiger partial charge in [0.15, 0.2) is 5.78 Å². The summed E-state index contributed by atoms with van der Waals surface area (Å²) in [6, 6.07) is 8.61. The zero-order valence-electron chi connectivity index (χ0n) is 8.23. The van der Waals surface area contributed by atoms with Crippen molar-refractivity contribution in [3.63, 3.8) is 0 Å². The molecular formula is C12H10O3. The second-order valence-corrected chi connectivity index (χ2v) is 3.33. The van der Waals surface area contributed by atoms with E-state index >= 15 is 0 Å². The number of aryl methyl sites for hydroxylation is 1. The number of rotatable bonds is 2. The molecule has 1 aromatic heterocycles. The molecule has 0 unspecified atom stereocenters. The van der Waals surface area contributed by atoms with Gasteiger partial charge in [-0.1, -0.05) is 29.8 Å². The Morgan fingerprint density at radius 3 is 2.40 bits per heavy atom. The number of hydrogen-bond acceptors (Lipinski definition) is 3. The SMILES string of the molecule is Cc1ccc(C(=O)c2ccoc2O)cc1. The van der Waals surface area contributed by atoms with Gasteiger partial charge in [0.05, 0.1) is 6.26 Å². The highest BCUT2D eigenvalue weighted by Crippen LogP contribution is 2.21. The zero-order chi connectivity index (χ0) is 10.8. The summed E-state index contributed by atoms with van der Waals surface area (Å²) in [4.78, 5) is 11.8. The molecule has 1 aromatic carbocycles. The van der Waals surface area contributed by atoms with E-state index in [1.54, 1.807) is 12.1 Å². The third-order valence-electron chi connectivity index (χ3n) is 2.20. The molecule has 0 aliphatic carbocycles. The first-order valence-electron chi connectivity index (χ1n) is 4.56. The Morgan fingerprint density at radius 2 is 1.87 bits per heavy atom. The number of carbonyl (C=O) groups is 1. The summed E-state index contributed by atoms with van der Waals surface area (Å²) in [6.45, 7) is 1.95. The van der Waals surface area contributed by atoms with E-state index in [0.717, 1.165) is 5.56 Å². The summed E-state index contributed by atoms with van der Waals surface area (Å²) in [5.41, 5.74) is 1.82. The first-order chi connectivity index (χ1) is 7.18. The molecule has 0 fully saturated rings. The van der Waals surface area contributed by atoms with E-state index in [2.05, 4.69) is 4.42 Å². The van der Waals surface area contributed by atoms with E-state index in [1.807, 2.05) is 19.1 Å². The van der Waals surface area contributed by atoms with Crippen molar-refractivity contribution < 1.29 is 14.3 Å². The van der Waals surface area contributed by atoms with Gasteiger partial charge in [0.1, 0.15) is 5.56 Å². The highest BCUT2D eigenvalue weighted by Gasteiger charge is 2.15. The predicted octanol–water partition coefficient (Wildman–Crippen LogP) is 2.52. The number of furan rings is 1. The van der Waals surface area contributed by atoms with E-state index in [4.69, 9.17) is 0 Å². The highest BCUT2D eigenvalue weighted by atomic mass is 16.5. The van der Waals surface area contributed by atoms with Crippen molar-refractivity contribution in [1.82, 2.24) is 0 Å². The average Bonchev–Trinajstić information content (AvgIpc) is 2.65. The van der Waals surface area contributed by atoms with Crippen LogP contribution in [-0.2, 0) is 0 Å². The van der Waals surface area contributed by atoms with Crippen LogP contribution in [0.15, 0.2) is 41.0 Å². The minimum Gasteiger partial charge on any atom is -0.480 e. The maximum absolute atomic E-state index is 11.8. The standard InChI is InChI=1S/C12H10O3/c1-8-2-4-9(5-3-8)11(13)10-6-7-15-12(10)14/h2-7,14H,1H3. The lowest BCUT2D eigenvalue weighted by Crippen LogP contribution is -1.99. The lowest BCUT2D eigenvalue weighted by Gasteiger charge is -1.98. The molecule has 0 aliphatic rings. The van der Waals surface area contributed by atoms with Crippen LogP contribution in [0.25, 0.3) is 0 Å². The highest BCUT2D eigenvalue weighted by molar-refractivity contribution is 6.10. The van der Waals surface area contributed by atoms with Gasteiger partial charge in [-0.15, -0.1) is 0 Å². The molecule has 0 amide bonds. The summed E-state index contributed by atoms with van der Waals surface area (Å²) >= 11 is 0. The summed E-state index contributed by atoms with van der Waals surface area (Å²) in [6.07, 6.45) is 1.29. The van der Waals surface area contributed by atoms with Crippen molar-refractivity contribution in [2.24, 2.45) is 0 Å². The van der Waals surface area contributed by atoms with Gasteiger partial charge in [0.25, 0.3) is 5.95 Å². The lowest BCUT2D eigenvalue weighted by molar-refractivity contribution is 0.103. The molecule has 15 heavy (non-hydrogen) atoms. The average molecular weight is 202 g/mol. The number of ketones is 1. The normalized spacial score (nSPS) is 10.2. The van der Waals surface area contributed by atoms with E-state index < -0.39 is 0 Å². The number of aromatic hydroxyl groups is 1. The molecule has 3 nitrogen and oxygen atoms in total. The monoisotopic (exact) mass is 202 g/mol. The molecule has 3 heteroatoms. The van der Waals surface area contributed by atoms with Crippen LogP contribution in [0.2, 0.25) is 0 Å². The van der Waals surface area contributed by atoms with Crippen LogP contribution < -0.4 is 0 Å². The molecule has 2 rings (SSSR count). The summed E-state index contributed by atoms with van der Waals surface area (Å²) in [5.74, 6) is -0.568. The fourth-order valence-electron chi connectivity index (χ4n) is 1.33. The van der Waals surface area contributed by atoms with Crippen LogP contribution in [-0.4, -0.2) is 10.9 Å². The minimum absolute atomic E-state index is 0.193. The molecule has 2 aromatic rings. The van der Waals surface area contributed by atoms with Crippen molar-refractivity contribution in [3.8, 4) is 5.95 Å². The Balaban J connectivity index is 2.37. The smallest absolute Gasteiger partial charge is 0.293 e. The molecule has 0 saturated carbocycles. The van der Waals surface area contributed by atoms with Crippen molar-refractivity contribution >= 4 is 5.78 Å². The summed E-state index contributed by atoms with van der Waals surface area (Å²) < 4.78 is 4.67. The van der Waals surface area contributed by atoms with Crippen molar-refractivity contribution in [3.05, 3.63) is 53.3 Å². The van der Waals surface area contributed by atoms with Gasteiger partial charge in [0, 0.05) is 5.56 Å². The van der Waals surface area contributed by atoms with E-state index in [0.29, 0.717) is 5.56 Å². The topological polar surface area (TPSA) is 50.4 Å². The van der Waals surface area contributed by atoms with Gasteiger partial charge < -0.3 is 9.52 Å². The molecule has 1 heterocycles. The minimum atomic E-state index is -0.333. The molecule has 0 bridgehead atoms. The molecule has 76 valence electrons. The number of carbonyl (C=O) groups excluding carboxylic acids is 1. The molecule has 1 N–H and O–H groups in total. The first-order valence-corrected chi connectivity index (χ1v) is 4.56. The van der Waals surface area contributed by atoms with Crippen molar-refractivity contribution in [2.45, 2.75) is 6.92 Å². The molecule has 0 radical (unpaired) electrons. The first kappa shape index (κ1) is 9.52. The van der Waals surface area contributed by atoms with Gasteiger partial charge >= 0.3 is 0 Å². The fraction of sp³-hybridized carbons (Fsp3) is 0.0833. The Hall–Kier alpha value is -2.03. The molecule has 0 aliphatic heterocycles. The lowest BCUT2D eigenvalue weighted by atomic mass is 10.0. The van der Waals surface area contributed by atoms with Crippen molar-refractivity contribution in [1.29, 1.82) is 0 Å². The van der Waals surface area contributed by atoms with Gasteiger partial charge in [-0.25, -0.2) is 0 Å². The van der Waals surface area contributed by atoms with Crippen LogP contribution in [0, 0.1) is 6.92 Å². The zero-order valence-corrected chi connectivity index (χ0v) is 8.23. The van der Waals surface area contributed by atoms with E-state index in [9.17, 15) is 9.90 Å². The largest absolute Gasteiger partial charge is 0.480 e. The number of benzene rings is 1. The maximum Gasteiger partial charge on any atom is 0.293 e. The Kier molecular flexibility index (Phi) is 2.29. The molecular weight excluding hydrogens is 192 g/mol.